The van der Waals surface area contributed by atoms with E-state index < -0.39 is 0 Å². The molecule has 1 aromatic rings. The van der Waals surface area contributed by atoms with Gasteiger partial charge in [-0.25, -0.2) is 4.98 Å². The molecule has 0 unspecified atom stereocenters. The number of hydrogen-bond donors (Lipinski definition) is 0. The molecule has 17 heavy (non-hydrogen) atoms. The molecule has 0 spiro atoms. The summed E-state index contributed by atoms with van der Waals surface area (Å²) in [6.07, 6.45) is 1.85. The van der Waals surface area contributed by atoms with Gasteiger partial charge in [0, 0.05) is 31.8 Å². The van der Waals surface area contributed by atoms with Gasteiger partial charge in [0.2, 0.25) is 0 Å². The fourth-order valence-electron chi connectivity index (χ4n) is 1.76. The predicted octanol–water partition coefficient (Wildman–Crippen LogP) is 2.99. The van der Waals surface area contributed by atoms with Crippen LogP contribution >= 0.6 is 11.6 Å². The number of aryl methyl sites for hydroxylation is 1. The first-order valence-corrected chi connectivity index (χ1v) is 6.60. The lowest BCUT2D eigenvalue weighted by Crippen LogP contribution is -2.28. The van der Waals surface area contributed by atoms with E-state index in [-0.39, 0.29) is 0 Å². The van der Waals surface area contributed by atoms with E-state index >= 15 is 0 Å². The molecule has 0 aromatic carbocycles. The van der Waals surface area contributed by atoms with E-state index in [1.165, 1.54) is 5.56 Å². The number of alkyl halides is 1. The normalized spacial score (nSPS) is 10.6. The van der Waals surface area contributed by atoms with E-state index in [1.54, 1.807) is 0 Å². The van der Waals surface area contributed by atoms with Gasteiger partial charge < -0.3 is 9.64 Å². The Kier molecular flexibility index (Phi) is 6.30. The van der Waals surface area contributed by atoms with Crippen molar-refractivity contribution >= 4 is 17.4 Å². The molecule has 3 nitrogen and oxygen atoms in total. The van der Waals surface area contributed by atoms with Crippen molar-refractivity contribution in [2.75, 3.05) is 31.2 Å². The van der Waals surface area contributed by atoms with Crippen LogP contribution in [0.2, 0.25) is 0 Å². The smallest absolute Gasteiger partial charge is 0.131 e. The first-order valence-electron chi connectivity index (χ1n) is 6.07. The number of likely N-dealkylation sites (N-methyl/N-ethyl adjacent to an activating group) is 1. The van der Waals surface area contributed by atoms with Crippen LogP contribution in [0.4, 0.5) is 5.82 Å². The molecule has 0 aliphatic carbocycles. The Morgan fingerprint density at radius 1 is 1.41 bits per heavy atom. The molecule has 0 aliphatic rings. The summed E-state index contributed by atoms with van der Waals surface area (Å²) < 4.78 is 5.38. The minimum absolute atomic E-state index is 0.513. The van der Waals surface area contributed by atoms with Crippen molar-refractivity contribution in [1.29, 1.82) is 0 Å². The number of nitrogens with zero attached hydrogens (tertiary/aromatic N) is 2. The molecule has 96 valence electrons. The van der Waals surface area contributed by atoms with Gasteiger partial charge in [0.05, 0.1) is 6.61 Å². The summed E-state index contributed by atoms with van der Waals surface area (Å²) in [5, 5.41) is 0. The van der Waals surface area contributed by atoms with E-state index in [0.717, 1.165) is 37.7 Å². The number of hydrogen-bond acceptors (Lipinski definition) is 3. The largest absolute Gasteiger partial charge is 0.380 e. The molecule has 0 atom stereocenters. The van der Waals surface area contributed by atoms with Crippen molar-refractivity contribution in [2.45, 2.75) is 26.7 Å². The topological polar surface area (TPSA) is 25.4 Å². The third kappa shape index (κ3) is 4.17. The number of aromatic nitrogens is 1. The average molecular weight is 257 g/mol. The van der Waals surface area contributed by atoms with Gasteiger partial charge in [-0.3, -0.25) is 0 Å². The minimum Gasteiger partial charge on any atom is -0.380 e. The summed E-state index contributed by atoms with van der Waals surface area (Å²) in [6, 6.07) is 2.10. The van der Waals surface area contributed by atoms with Gasteiger partial charge in [-0.15, -0.1) is 11.6 Å². The molecule has 0 N–H and O–H groups in total. The molecule has 1 aromatic heterocycles. The Morgan fingerprint density at radius 3 is 2.71 bits per heavy atom. The second-order valence-electron chi connectivity index (χ2n) is 3.89. The molecule has 0 bridgehead atoms. The van der Waals surface area contributed by atoms with E-state index in [2.05, 4.69) is 29.8 Å². The summed E-state index contributed by atoms with van der Waals surface area (Å²) in [5.41, 5.74) is 2.23. The summed E-state index contributed by atoms with van der Waals surface area (Å²) in [7, 11) is 0. The Bertz CT molecular complexity index is 344. The van der Waals surface area contributed by atoms with Gasteiger partial charge in [0.15, 0.2) is 0 Å². The number of rotatable bonds is 7. The fraction of sp³-hybridized carbons (Fsp3) is 0.615. The number of halogens is 1. The van der Waals surface area contributed by atoms with Crippen molar-refractivity contribution in [3.8, 4) is 0 Å². The zero-order valence-electron chi connectivity index (χ0n) is 10.9. The molecule has 0 radical (unpaired) electrons. The molecular weight excluding hydrogens is 236 g/mol. The third-order valence-corrected chi connectivity index (χ3v) is 2.96. The molecule has 0 amide bonds. The van der Waals surface area contributed by atoms with Crippen LogP contribution in [0.3, 0.4) is 0 Å². The highest BCUT2D eigenvalue weighted by molar-refractivity contribution is 6.17. The van der Waals surface area contributed by atoms with Crippen molar-refractivity contribution in [3.05, 3.63) is 23.4 Å². The van der Waals surface area contributed by atoms with Crippen LogP contribution in [-0.2, 0) is 10.6 Å². The molecular formula is C13H21ClN2O. The van der Waals surface area contributed by atoms with E-state index in [9.17, 15) is 0 Å². The van der Waals surface area contributed by atoms with Crippen LogP contribution < -0.4 is 4.90 Å². The zero-order valence-corrected chi connectivity index (χ0v) is 11.6. The molecule has 0 aliphatic heterocycles. The molecule has 0 saturated heterocycles. The summed E-state index contributed by atoms with van der Waals surface area (Å²) in [4.78, 5) is 6.71. The second kappa shape index (κ2) is 7.51. The van der Waals surface area contributed by atoms with Crippen molar-refractivity contribution in [1.82, 2.24) is 4.98 Å². The minimum atomic E-state index is 0.513. The highest BCUT2D eigenvalue weighted by Crippen LogP contribution is 2.18. The Labute approximate surface area is 109 Å². The fourth-order valence-corrected chi connectivity index (χ4v) is 1.91. The van der Waals surface area contributed by atoms with Crippen LogP contribution in [0.5, 0.6) is 0 Å². The first-order chi connectivity index (χ1) is 8.22. The standard InChI is InChI=1S/C13H21ClN2O/c1-4-16(6-7-17-5-2)13-11(3)8-12(9-14)10-15-13/h8,10H,4-7,9H2,1-3H3. The van der Waals surface area contributed by atoms with Crippen LogP contribution in [-0.4, -0.2) is 31.3 Å². The first kappa shape index (κ1) is 14.3. The van der Waals surface area contributed by atoms with Gasteiger partial charge in [-0.1, -0.05) is 0 Å². The SMILES string of the molecule is CCOCCN(CC)c1ncc(CCl)cc1C. The summed E-state index contributed by atoms with van der Waals surface area (Å²) in [5.74, 6) is 1.54. The van der Waals surface area contributed by atoms with Gasteiger partial charge in [-0.05, 0) is 38.0 Å². The van der Waals surface area contributed by atoms with Gasteiger partial charge in [0.1, 0.15) is 5.82 Å². The lowest BCUT2D eigenvalue weighted by atomic mass is 10.2. The maximum Gasteiger partial charge on any atom is 0.131 e. The van der Waals surface area contributed by atoms with Crippen molar-refractivity contribution < 1.29 is 4.74 Å². The van der Waals surface area contributed by atoms with E-state index in [0.29, 0.717) is 5.88 Å². The van der Waals surface area contributed by atoms with Gasteiger partial charge in [-0.2, -0.15) is 0 Å². The average Bonchev–Trinajstić information content (AvgIpc) is 2.35. The number of pyridine rings is 1. The molecule has 1 heterocycles. The molecule has 4 heteroatoms. The Hall–Kier alpha value is -0.800. The maximum absolute atomic E-state index is 5.79. The highest BCUT2D eigenvalue weighted by atomic mass is 35.5. The number of anilines is 1. The maximum atomic E-state index is 5.79. The van der Waals surface area contributed by atoms with Gasteiger partial charge in [0.25, 0.3) is 0 Å². The van der Waals surface area contributed by atoms with Crippen LogP contribution in [0.15, 0.2) is 12.3 Å². The van der Waals surface area contributed by atoms with Crippen molar-refractivity contribution in [2.24, 2.45) is 0 Å². The Balaban J connectivity index is 2.73. The molecule has 0 saturated carbocycles. The van der Waals surface area contributed by atoms with E-state index in [1.807, 2.05) is 13.1 Å². The number of ether oxygens (including phenoxy) is 1. The zero-order chi connectivity index (χ0) is 12.7. The van der Waals surface area contributed by atoms with Gasteiger partial charge >= 0.3 is 0 Å². The third-order valence-electron chi connectivity index (χ3n) is 2.65. The second-order valence-corrected chi connectivity index (χ2v) is 4.16. The lowest BCUT2D eigenvalue weighted by Gasteiger charge is -2.23. The summed E-state index contributed by atoms with van der Waals surface area (Å²) >= 11 is 5.79. The van der Waals surface area contributed by atoms with Crippen LogP contribution in [0, 0.1) is 6.92 Å². The van der Waals surface area contributed by atoms with Crippen LogP contribution in [0.1, 0.15) is 25.0 Å². The quantitative estimate of drug-likeness (QED) is 0.554. The lowest BCUT2D eigenvalue weighted by molar-refractivity contribution is 0.154. The summed E-state index contributed by atoms with van der Waals surface area (Å²) in [6.45, 7) is 9.51. The molecule has 1 rings (SSSR count). The van der Waals surface area contributed by atoms with Crippen LogP contribution in [0.25, 0.3) is 0 Å². The molecule has 0 fully saturated rings. The highest BCUT2D eigenvalue weighted by Gasteiger charge is 2.09. The monoisotopic (exact) mass is 256 g/mol. The Morgan fingerprint density at radius 2 is 2.18 bits per heavy atom. The predicted molar refractivity (Wildman–Crippen MR) is 72.9 cm³/mol. The van der Waals surface area contributed by atoms with Crippen molar-refractivity contribution in [3.63, 3.8) is 0 Å². The van der Waals surface area contributed by atoms with E-state index in [4.69, 9.17) is 16.3 Å².